The van der Waals surface area contributed by atoms with Crippen molar-refractivity contribution in [3.05, 3.63) is 54.6 Å². The molecule has 1 N–H and O–H groups in total. The molecule has 0 saturated heterocycles. The number of benzene rings is 2. The summed E-state index contributed by atoms with van der Waals surface area (Å²) >= 11 is 0. The van der Waals surface area contributed by atoms with Crippen molar-refractivity contribution >= 4 is 0 Å². The second-order valence-electron chi connectivity index (χ2n) is 4.05. The maximum absolute atomic E-state index is 9.12. The Kier molecular flexibility index (Phi) is 3.78. The number of ether oxygens (including phenoxy) is 1. The minimum atomic E-state index is -0.441. The first-order chi connectivity index (χ1) is 8.25. The minimum Gasteiger partial charge on any atom is -0.491 e. The molecule has 0 aliphatic heterocycles. The van der Waals surface area contributed by atoms with Crippen molar-refractivity contribution in [1.82, 2.24) is 0 Å². The molecule has 2 aromatic rings. The van der Waals surface area contributed by atoms with E-state index in [0.29, 0.717) is 6.61 Å². The van der Waals surface area contributed by atoms with Gasteiger partial charge >= 0.3 is 0 Å². The van der Waals surface area contributed by atoms with Gasteiger partial charge in [0.1, 0.15) is 12.4 Å². The molecule has 0 amide bonds. The molecule has 2 heteroatoms. The van der Waals surface area contributed by atoms with Crippen molar-refractivity contribution in [2.45, 2.75) is 13.0 Å². The van der Waals surface area contributed by atoms with Gasteiger partial charge in [-0.25, -0.2) is 0 Å². The molecule has 0 heterocycles. The lowest BCUT2D eigenvalue weighted by molar-refractivity contribution is 0.123. The summed E-state index contributed by atoms with van der Waals surface area (Å²) in [5, 5.41) is 9.12. The Hall–Kier alpha value is -1.80. The number of aliphatic hydroxyl groups is 1. The van der Waals surface area contributed by atoms with E-state index in [1.165, 1.54) is 5.56 Å². The molecule has 17 heavy (non-hydrogen) atoms. The van der Waals surface area contributed by atoms with Crippen molar-refractivity contribution in [2.75, 3.05) is 6.61 Å². The Balaban J connectivity index is 2.08. The molecule has 1 atom stereocenters. The van der Waals surface area contributed by atoms with Crippen LogP contribution in [0.3, 0.4) is 0 Å². The molecule has 2 rings (SSSR count). The highest BCUT2D eigenvalue weighted by atomic mass is 16.5. The molecule has 0 radical (unpaired) electrons. The van der Waals surface area contributed by atoms with E-state index in [4.69, 9.17) is 9.84 Å². The fourth-order valence-electron chi connectivity index (χ4n) is 1.59. The normalized spacial score (nSPS) is 12.1. The average molecular weight is 228 g/mol. The number of hydrogen-bond donors (Lipinski definition) is 1. The van der Waals surface area contributed by atoms with E-state index in [2.05, 4.69) is 12.1 Å². The molecule has 0 aromatic heterocycles. The first-order valence-electron chi connectivity index (χ1n) is 5.72. The van der Waals surface area contributed by atoms with Gasteiger partial charge in [-0.1, -0.05) is 42.5 Å². The van der Waals surface area contributed by atoms with Gasteiger partial charge in [0.2, 0.25) is 0 Å². The smallest absolute Gasteiger partial charge is 0.119 e. The molecule has 2 nitrogen and oxygen atoms in total. The lowest BCUT2D eigenvalue weighted by Crippen LogP contribution is -2.12. The van der Waals surface area contributed by atoms with Crippen LogP contribution < -0.4 is 4.74 Å². The third kappa shape index (κ3) is 3.33. The van der Waals surface area contributed by atoms with Crippen LogP contribution in [0.5, 0.6) is 5.75 Å². The van der Waals surface area contributed by atoms with E-state index in [1.807, 2.05) is 42.5 Å². The highest BCUT2D eigenvalue weighted by molar-refractivity contribution is 5.63. The van der Waals surface area contributed by atoms with Crippen LogP contribution in [0.15, 0.2) is 54.6 Å². The molecule has 0 fully saturated rings. The third-order valence-corrected chi connectivity index (χ3v) is 2.45. The van der Waals surface area contributed by atoms with Gasteiger partial charge in [0.05, 0.1) is 6.10 Å². The average Bonchev–Trinajstić information content (AvgIpc) is 2.38. The highest BCUT2D eigenvalue weighted by Crippen LogP contribution is 2.21. The first kappa shape index (κ1) is 11.7. The quantitative estimate of drug-likeness (QED) is 0.871. The van der Waals surface area contributed by atoms with Gasteiger partial charge in [-0.2, -0.15) is 0 Å². The van der Waals surface area contributed by atoms with Crippen molar-refractivity contribution in [2.24, 2.45) is 0 Å². The predicted octanol–water partition coefficient (Wildman–Crippen LogP) is 3.11. The molecular weight excluding hydrogens is 212 g/mol. The Morgan fingerprint density at radius 3 is 2.12 bits per heavy atom. The summed E-state index contributed by atoms with van der Waals surface area (Å²) in [6, 6.07) is 18.1. The summed E-state index contributed by atoms with van der Waals surface area (Å²) < 4.78 is 5.41. The Labute approximate surface area is 101 Å². The largest absolute Gasteiger partial charge is 0.491 e. The van der Waals surface area contributed by atoms with Crippen LogP contribution in [-0.4, -0.2) is 17.8 Å². The van der Waals surface area contributed by atoms with Gasteiger partial charge in [-0.15, -0.1) is 0 Å². The monoisotopic (exact) mass is 228 g/mol. The maximum Gasteiger partial charge on any atom is 0.119 e. The zero-order valence-corrected chi connectivity index (χ0v) is 9.84. The Bertz CT molecular complexity index is 446. The summed E-state index contributed by atoms with van der Waals surface area (Å²) in [5.74, 6) is 0.783. The highest BCUT2D eigenvalue weighted by Gasteiger charge is 1.99. The van der Waals surface area contributed by atoms with Crippen LogP contribution in [0.25, 0.3) is 11.1 Å². The summed E-state index contributed by atoms with van der Waals surface area (Å²) in [6.07, 6.45) is -0.441. The standard InChI is InChI=1S/C15H16O2/c1-12(16)11-17-15-9-7-14(8-10-15)13-5-3-2-4-6-13/h2-10,12,16H,11H2,1H3. The van der Waals surface area contributed by atoms with Crippen LogP contribution in [0.1, 0.15) is 6.92 Å². The number of rotatable bonds is 4. The zero-order valence-electron chi connectivity index (χ0n) is 9.84. The number of aliphatic hydroxyl groups excluding tert-OH is 1. The van der Waals surface area contributed by atoms with E-state index < -0.39 is 6.10 Å². The van der Waals surface area contributed by atoms with Crippen LogP contribution in [0.2, 0.25) is 0 Å². The fourth-order valence-corrected chi connectivity index (χ4v) is 1.59. The van der Waals surface area contributed by atoms with Crippen molar-refractivity contribution in [3.63, 3.8) is 0 Å². The molecule has 0 spiro atoms. The molecule has 88 valence electrons. The van der Waals surface area contributed by atoms with Gasteiger partial charge in [0.25, 0.3) is 0 Å². The molecule has 2 aromatic carbocycles. The summed E-state index contributed by atoms with van der Waals surface area (Å²) in [6.45, 7) is 2.03. The predicted molar refractivity (Wildman–Crippen MR) is 69.1 cm³/mol. The maximum atomic E-state index is 9.12. The second-order valence-corrected chi connectivity index (χ2v) is 4.05. The van der Waals surface area contributed by atoms with Crippen molar-refractivity contribution < 1.29 is 9.84 Å². The molecule has 0 aliphatic rings. The second kappa shape index (κ2) is 5.51. The first-order valence-corrected chi connectivity index (χ1v) is 5.72. The van der Waals surface area contributed by atoms with Crippen LogP contribution >= 0.6 is 0 Å². The van der Waals surface area contributed by atoms with E-state index in [-0.39, 0.29) is 0 Å². The van der Waals surface area contributed by atoms with Crippen LogP contribution in [-0.2, 0) is 0 Å². The van der Waals surface area contributed by atoms with E-state index in [1.54, 1.807) is 6.92 Å². The van der Waals surface area contributed by atoms with Gasteiger partial charge in [0.15, 0.2) is 0 Å². The van der Waals surface area contributed by atoms with Gasteiger partial charge < -0.3 is 9.84 Å². The van der Waals surface area contributed by atoms with Gasteiger partial charge in [-0.3, -0.25) is 0 Å². The third-order valence-electron chi connectivity index (χ3n) is 2.45. The summed E-state index contributed by atoms with van der Waals surface area (Å²) in [7, 11) is 0. The lowest BCUT2D eigenvalue weighted by atomic mass is 10.1. The summed E-state index contributed by atoms with van der Waals surface area (Å²) in [4.78, 5) is 0. The van der Waals surface area contributed by atoms with Gasteiger partial charge in [0, 0.05) is 0 Å². The molecular formula is C15H16O2. The van der Waals surface area contributed by atoms with E-state index in [0.717, 1.165) is 11.3 Å². The summed E-state index contributed by atoms with van der Waals surface area (Å²) in [5.41, 5.74) is 2.35. The molecule has 1 unspecified atom stereocenters. The minimum absolute atomic E-state index is 0.324. The van der Waals surface area contributed by atoms with Crippen LogP contribution in [0, 0.1) is 0 Å². The Morgan fingerprint density at radius 2 is 1.53 bits per heavy atom. The molecule has 0 saturated carbocycles. The van der Waals surface area contributed by atoms with Gasteiger partial charge in [-0.05, 0) is 30.2 Å². The zero-order chi connectivity index (χ0) is 12.1. The Morgan fingerprint density at radius 1 is 0.941 bits per heavy atom. The number of hydrogen-bond acceptors (Lipinski definition) is 2. The van der Waals surface area contributed by atoms with Crippen LogP contribution in [0.4, 0.5) is 0 Å². The van der Waals surface area contributed by atoms with E-state index >= 15 is 0 Å². The SMILES string of the molecule is CC(O)COc1ccc(-c2ccccc2)cc1. The molecule has 0 aliphatic carbocycles. The van der Waals surface area contributed by atoms with E-state index in [9.17, 15) is 0 Å². The van der Waals surface area contributed by atoms with Crippen molar-refractivity contribution in [3.8, 4) is 16.9 Å². The topological polar surface area (TPSA) is 29.5 Å². The molecule has 0 bridgehead atoms. The lowest BCUT2D eigenvalue weighted by Gasteiger charge is -2.08. The van der Waals surface area contributed by atoms with Crippen molar-refractivity contribution in [1.29, 1.82) is 0 Å². The fraction of sp³-hybridized carbons (Fsp3) is 0.200.